The topological polar surface area (TPSA) is 46.9 Å². The summed E-state index contributed by atoms with van der Waals surface area (Å²) in [6.07, 6.45) is 2.46. The molecule has 4 heteroatoms. The molecule has 0 aliphatic heterocycles. The number of hydrogen-bond acceptors (Lipinski definition) is 2. The van der Waals surface area contributed by atoms with Gasteiger partial charge >= 0.3 is 0 Å². The number of hydrogen-bond donors (Lipinski definition) is 1. The van der Waals surface area contributed by atoms with Crippen LogP contribution < -0.4 is 5.32 Å². The molecule has 1 atom stereocenters. The van der Waals surface area contributed by atoms with Gasteiger partial charge in [-0.2, -0.15) is 0 Å². The minimum atomic E-state index is 0.220. The predicted molar refractivity (Wildman–Crippen MR) is 92.4 cm³/mol. The van der Waals surface area contributed by atoms with E-state index in [4.69, 9.17) is 4.98 Å². The molecular weight excluding hydrogens is 286 g/mol. The van der Waals surface area contributed by atoms with Crippen molar-refractivity contribution in [2.24, 2.45) is 0 Å². The second kappa shape index (κ2) is 7.09. The van der Waals surface area contributed by atoms with Crippen molar-refractivity contribution in [1.29, 1.82) is 0 Å². The van der Waals surface area contributed by atoms with Gasteiger partial charge in [-0.1, -0.05) is 42.5 Å². The third-order valence-electron chi connectivity index (χ3n) is 4.14. The Labute approximate surface area is 136 Å². The average molecular weight is 307 g/mol. The molecule has 0 saturated carbocycles. The van der Waals surface area contributed by atoms with Crippen molar-refractivity contribution in [2.75, 3.05) is 6.54 Å². The van der Waals surface area contributed by atoms with Crippen molar-refractivity contribution in [2.45, 2.75) is 25.8 Å². The highest BCUT2D eigenvalue weighted by molar-refractivity contribution is 5.76. The van der Waals surface area contributed by atoms with Crippen LogP contribution in [0.25, 0.3) is 11.0 Å². The Morgan fingerprint density at radius 3 is 2.65 bits per heavy atom. The molecule has 3 aromatic rings. The smallest absolute Gasteiger partial charge is 0.207 e. The lowest BCUT2D eigenvalue weighted by atomic mass is 10.1. The average Bonchev–Trinajstić information content (AvgIpc) is 2.97. The van der Waals surface area contributed by atoms with Gasteiger partial charge in [0.25, 0.3) is 0 Å². The largest absolute Gasteiger partial charge is 0.359 e. The second-order valence-corrected chi connectivity index (χ2v) is 5.65. The molecule has 1 aromatic heterocycles. The molecule has 23 heavy (non-hydrogen) atoms. The molecule has 1 unspecified atom stereocenters. The molecule has 0 bridgehead atoms. The fourth-order valence-electron chi connectivity index (χ4n) is 2.99. The highest BCUT2D eigenvalue weighted by Gasteiger charge is 2.16. The van der Waals surface area contributed by atoms with Crippen molar-refractivity contribution < 1.29 is 4.79 Å². The third-order valence-corrected chi connectivity index (χ3v) is 4.14. The van der Waals surface area contributed by atoms with Gasteiger partial charge in [0.05, 0.1) is 17.1 Å². The maximum atomic E-state index is 10.4. The molecule has 3 rings (SSSR count). The molecule has 0 aliphatic rings. The summed E-state index contributed by atoms with van der Waals surface area (Å²) in [4.78, 5) is 15.2. The zero-order chi connectivity index (χ0) is 16.1. The number of aryl methyl sites for hydroxylation is 1. The molecule has 0 spiro atoms. The van der Waals surface area contributed by atoms with E-state index in [1.807, 2.05) is 12.1 Å². The number of carbonyl (C=O) groups is 1. The van der Waals surface area contributed by atoms with E-state index >= 15 is 0 Å². The van der Waals surface area contributed by atoms with E-state index in [0.717, 1.165) is 36.1 Å². The number of imidazole rings is 1. The molecule has 2 aromatic carbocycles. The zero-order valence-electron chi connectivity index (χ0n) is 13.3. The van der Waals surface area contributed by atoms with Crippen LogP contribution >= 0.6 is 0 Å². The lowest BCUT2D eigenvalue weighted by Gasteiger charge is -2.18. The van der Waals surface area contributed by atoms with Gasteiger partial charge in [-0.15, -0.1) is 0 Å². The van der Waals surface area contributed by atoms with E-state index in [9.17, 15) is 4.79 Å². The summed E-state index contributed by atoms with van der Waals surface area (Å²) in [7, 11) is 0. The van der Waals surface area contributed by atoms with Gasteiger partial charge in [0, 0.05) is 13.0 Å². The molecule has 0 saturated heterocycles. The van der Waals surface area contributed by atoms with Crippen LogP contribution in [0, 0.1) is 0 Å². The number of aromatic nitrogens is 2. The quantitative estimate of drug-likeness (QED) is 0.537. The van der Waals surface area contributed by atoms with Crippen LogP contribution in [0.3, 0.4) is 0 Å². The SMILES string of the molecule is CC(c1ccccc1)n1c(CCCNC=O)nc2ccccc21. The number of fused-ring (bicyclic) bond motifs is 1. The van der Waals surface area contributed by atoms with Gasteiger partial charge < -0.3 is 9.88 Å². The van der Waals surface area contributed by atoms with Gasteiger partial charge in [-0.3, -0.25) is 4.79 Å². The summed E-state index contributed by atoms with van der Waals surface area (Å²) >= 11 is 0. The fourth-order valence-corrected chi connectivity index (χ4v) is 2.99. The number of para-hydroxylation sites is 2. The molecule has 0 radical (unpaired) electrons. The number of rotatable bonds is 7. The summed E-state index contributed by atoms with van der Waals surface area (Å²) in [5.74, 6) is 1.07. The molecule has 1 N–H and O–H groups in total. The Hall–Kier alpha value is -2.62. The van der Waals surface area contributed by atoms with Crippen LogP contribution in [-0.4, -0.2) is 22.5 Å². The van der Waals surface area contributed by atoms with Crippen LogP contribution in [0.5, 0.6) is 0 Å². The van der Waals surface area contributed by atoms with Crippen molar-refractivity contribution in [3.63, 3.8) is 0 Å². The lowest BCUT2D eigenvalue weighted by molar-refractivity contribution is -0.109. The Morgan fingerprint density at radius 2 is 1.87 bits per heavy atom. The minimum absolute atomic E-state index is 0.220. The molecule has 1 amide bonds. The van der Waals surface area contributed by atoms with Gasteiger partial charge in [-0.25, -0.2) is 4.98 Å². The normalized spacial score (nSPS) is 12.2. The Morgan fingerprint density at radius 1 is 1.13 bits per heavy atom. The number of nitrogens with one attached hydrogen (secondary N) is 1. The van der Waals surface area contributed by atoms with Crippen molar-refractivity contribution in [3.8, 4) is 0 Å². The molecule has 0 fully saturated rings. The maximum Gasteiger partial charge on any atom is 0.207 e. The van der Waals surface area contributed by atoms with Crippen LogP contribution in [0.15, 0.2) is 54.6 Å². The van der Waals surface area contributed by atoms with Crippen LogP contribution in [0.4, 0.5) is 0 Å². The van der Waals surface area contributed by atoms with Gasteiger partial charge in [0.1, 0.15) is 5.82 Å². The predicted octanol–water partition coefficient (Wildman–Crippen LogP) is 3.32. The summed E-state index contributed by atoms with van der Waals surface area (Å²) < 4.78 is 2.31. The summed E-state index contributed by atoms with van der Waals surface area (Å²) in [6.45, 7) is 2.88. The molecule has 1 heterocycles. The first-order valence-electron chi connectivity index (χ1n) is 7.99. The fraction of sp³-hybridized carbons (Fsp3) is 0.263. The number of carbonyl (C=O) groups excluding carboxylic acids is 1. The van der Waals surface area contributed by atoms with Gasteiger partial charge in [0.15, 0.2) is 0 Å². The first-order chi connectivity index (χ1) is 11.3. The molecule has 118 valence electrons. The first-order valence-corrected chi connectivity index (χ1v) is 7.99. The third kappa shape index (κ3) is 3.26. The standard InChI is InChI=1S/C19H21N3O/c1-15(16-8-3-2-4-9-16)22-18-11-6-5-10-17(18)21-19(22)12-7-13-20-14-23/h2-6,8-11,14-15H,7,12-13H2,1H3,(H,20,23). The van der Waals surface area contributed by atoms with Crippen LogP contribution in [0.2, 0.25) is 0 Å². The highest BCUT2D eigenvalue weighted by Crippen LogP contribution is 2.26. The maximum absolute atomic E-state index is 10.4. The van der Waals surface area contributed by atoms with Crippen LogP contribution in [-0.2, 0) is 11.2 Å². The first kappa shape index (κ1) is 15.3. The van der Waals surface area contributed by atoms with E-state index in [1.54, 1.807) is 0 Å². The minimum Gasteiger partial charge on any atom is -0.359 e. The van der Waals surface area contributed by atoms with E-state index < -0.39 is 0 Å². The Balaban J connectivity index is 1.97. The Kier molecular flexibility index (Phi) is 4.71. The molecule has 0 aliphatic carbocycles. The summed E-state index contributed by atoms with van der Waals surface area (Å²) in [5.41, 5.74) is 3.44. The van der Waals surface area contributed by atoms with E-state index in [1.165, 1.54) is 5.56 Å². The number of benzene rings is 2. The summed E-state index contributed by atoms with van der Waals surface area (Å²) in [6, 6.07) is 18.9. The highest BCUT2D eigenvalue weighted by atomic mass is 16.1. The molecular formula is C19H21N3O. The van der Waals surface area contributed by atoms with Crippen LogP contribution in [0.1, 0.15) is 30.8 Å². The zero-order valence-corrected chi connectivity index (χ0v) is 13.3. The van der Waals surface area contributed by atoms with Crippen molar-refractivity contribution in [1.82, 2.24) is 14.9 Å². The van der Waals surface area contributed by atoms with Crippen molar-refractivity contribution in [3.05, 3.63) is 66.0 Å². The monoisotopic (exact) mass is 307 g/mol. The second-order valence-electron chi connectivity index (χ2n) is 5.65. The number of amides is 1. The summed E-state index contributed by atoms with van der Waals surface area (Å²) in [5, 5.41) is 2.72. The van der Waals surface area contributed by atoms with Gasteiger partial charge in [0.2, 0.25) is 6.41 Å². The van der Waals surface area contributed by atoms with E-state index in [-0.39, 0.29) is 6.04 Å². The lowest BCUT2D eigenvalue weighted by Crippen LogP contribution is -2.15. The van der Waals surface area contributed by atoms with E-state index in [0.29, 0.717) is 6.54 Å². The Bertz CT molecular complexity index is 780. The van der Waals surface area contributed by atoms with E-state index in [2.05, 4.69) is 59.3 Å². The molecule has 4 nitrogen and oxygen atoms in total. The van der Waals surface area contributed by atoms with Crippen molar-refractivity contribution >= 4 is 17.4 Å². The number of nitrogens with zero attached hydrogens (tertiary/aromatic N) is 2. The van der Waals surface area contributed by atoms with Gasteiger partial charge in [-0.05, 0) is 31.0 Å².